The molecular formula is C28H23Cl2N3OS. The highest BCUT2D eigenvalue weighted by molar-refractivity contribution is 8.18. The van der Waals surface area contributed by atoms with Gasteiger partial charge in [-0.3, -0.25) is 9.69 Å². The topological polar surface area (TPSA) is 37.6 Å². The second kappa shape index (κ2) is 10.3. The molecule has 1 aliphatic heterocycles. The van der Waals surface area contributed by atoms with Gasteiger partial charge < -0.3 is 4.57 Å². The van der Waals surface area contributed by atoms with Gasteiger partial charge >= 0.3 is 0 Å². The SMILES string of the molecule is CCCN1C(=O)/C(=C\c2cn(Cc3ccc(Cl)c(Cl)c3)c3ccccc23)SC1=Nc1ccccc1. The van der Waals surface area contributed by atoms with Crippen LogP contribution in [0.1, 0.15) is 24.5 Å². The summed E-state index contributed by atoms with van der Waals surface area (Å²) in [6, 6.07) is 23.6. The normalized spacial score (nSPS) is 16.2. The molecule has 5 rings (SSSR count). The number of aromatic nitrogens is 1. The Hall–Kier alpha value is -2.99. The maximum Gasteiger partial charge on any atom is 0.266 e. The van der Waals surface area contributed by atoms with E-state index in [0.717, 1.165) is 34.1 Å². The van der Waals surface area contributed by atoms with Crippen molar-refractivity contribution in [2.75, 3.05) is 6.54 Å². The summed E-state index contributed by atoms with van der Waals surface area (Å²) >= 11 is 13.8. The molecule has 0 unspecified atom stereocenters. The zero-order valence-electron chi connectivity index (χ0n) is 19.1. The minimum atomic E-state index is -0.00662. The van der Waals surface area contributed by atoms with Crippen molar-refractivity contribution in [3.63, 3.8) is 0 Å². The minimum Gasteiger partial charge on any atom is -0.342 e. The van der Waals surface area contributed by atoms with Crippen LogP contribution >= 0.6 is 35.0 Å². The van der Waals surface area contributed by atoms with Gasteiger partial charge in [-0.05, 0) is 60.2 Å². The third kappa shape index (κ3) is 5.03. The summed E-state index contributed by atoms with van der Waals surface area (Å²) in [5.74, 6) is -0.00662. The number of benzene rings is 3. The molecule has 2 heterocycles. The van der Waals surface area contributed by atoms with Crippen molar-refractivity contribution in [3.05, 3.63) is 105 Å². The van der Waals surface area contributed by atoms with Crippen molar-refractivity contribution in [2.24, 2.45) is 4.99 Å². The van der Waals surface area contributed by atoms with E-state index in [0.29, 0.717) is 33.2 Å². The predicted octanol–water partition coefficient (Wildman–Crippen LogP) is 8.01. The number of aliphatic imine (C=N–C) groups is 1. The van der Waals surface area contributed by atoms with Gasteiger partial charge in [-0.15, -0.1) is 0 Å². The summed E-state index contributed by atoms with van der Waals surface area (Å²) < 4.78 is 2.17. The molecule has 1 aromatic heterocycles. The molecule has 0 aliphatic carbocycles. The molecule has 3 aromatic carbocycles. The lowest BCUT2D eigenvalue weighted by Crippen LogP contribution is -2.29. The average molecular weight is 520 g/mol. The largest absolute Gasteiger partial charge is 0.342 e. The van der Waals surface area contributed by atoms with Gasteiger partial charge in [0.2, 0.25) is 0 Å². The van der Waals surface area contributed by atoms with E-state index in [1.165, 1.54) is 11.8 Å². The van der Waals surface area contributed by atoms with E-state index >= 15 is 0 Å². The number of fused-ring (bicyclic) bond motifs is 1. The van der Waals surface area contributed by atoms with E-state index in [2.05, 4.69) is 29.8 Å². The predicted molar refractivity (Wildman–Crippen MR) is 149 cm³/mol. The van der Waals surface area contributed by atoms with Crippen LogP contribution in [0.15, 0.2) is 88.9 Å². The molecule has 35 heavy (non-hydrogen) atoms. The van der Waals surface area contributed by atoms with Crippen LogP contribution in [0, 0.1) is 0 Å². The Morgan fingerprint density at radius 2 is 1.74 bits per heavy atom. The van der Waals surface area contributed by atoms with Crippen LogP contribution in [-0.2, 0) is 11.3 Å². The van der Waals surface area contributed by atoms with Gasteiger partial charge in [0.15, 0.2) is 5.17 Å². The first-order valence-corrected chi connectivity index (χ1v) is 13.0. The number of amidine groups is 1. The lowest BCUT2D eigenvalue weighted by Gasteiger charge is -2.13. The zero-order valence-corrected chi connectivity index (χ0v) is 21.4. The van der Waals surface area contributed by atoms with Crippen molar-refractivity contribution >= 4 is 68.7 Å². The minimum absolute atomic E-state index is 0.00662. The highest BCUT2D eigenvalue weighted by Gasteiger charge is 2.33. The molecule has 1 aliphatic rings. The summed E-state index contributed by atoms with van der Waals surface area (Å²) in [6.45, 7) is 3.34. The van der Waals surface area contributed by atoms with Gasteiger partial charge in [-0.1, -0.05) is 72.6 Å². The molecule has 0 spiro atoms. The Kier molecular flexibility index (Phi) is 7.00. The first kappa shape index (κ1) is 23.7. The van der Waals surface area contributed by atoms with Crippen molar-refractivity contribution in [1.29, 1.82) is 0 Å². The second-order valence-corrected chi connectivity index (χ2v) is 10.1. The fourth-order valence-electron chi connectivity index (χ4n) is 4.12. The molecule has 4 nitrogen and oxygen atoms in total. The fourth-order valence-corrected chi connectivity index (χ4v) is 5.46. The van der Waals surface area contributed by atoms with Crippen LogP contribution in [0.4, 0.5) is 5.69 Å². The molecular weight excluding hydrogens is 497 g/mol. The number of amides is 1. The van der Waals surface area contributed by atoms with Crippen LogP contribution < -0.4 is 0 Å². The second-order valence-electron chi connectivity index (χ2n) is 8.28. The number of carbonyl (C=O) groups is 1. The Morgan fingerprint density at radius 3 is 2.51 bits per heavy atom. The van der Waals surface area contributed by atoms with Crippen LogP contribution in [-0.4, -0.2) is 27.1 Å². The molecule has 176 valence electrons. The van der Waals surface area contributed by atoms with Gasteiger partial charge in [0.1, 0.15) is 0 Å². The van der Waals surface area contributed by atoms with Crippen LogP contribution in [0.3, 0.4) is 0 Å². The Morgan fingerprint density at radius 1 is 0.971 bits per heavy atom. The molecule has 0 radical (unpaired) electrons. The Balaban J connectivity index is 1.52. The molecule has 1 fully saturated rings. The van der Waals surface area contributed by atoms with Crippen molar-refractivity contribution in [1.82, 2.24) is 9.47 Å². The zero-order chi connectivity index (χ0) is 24.4. The average Bonchev–Trinajstić information content (AvgIpc) is 3.35. The summed E-state index contributed by atoms with van der Waals surface area (Å²) in [6.07, 6.45) is 4.93. The molecule has 4 aromatic rings. The molecule has 7 heteroatoms. The lowest BCUT2D eigenvalue weighted by molar-refractivity contribution is -0.122. The highest BCUT2D eigenvalue weighted by Crippen LogP contribution is 2.36. The monoisotopic (exact) mass is 519 g/mol. The van der Waals surface area contributed by atoms with Crippen molar-refractivity contribution < 1.29 is 4.79 Å². The molecule has 0 saturated carbocycles. The van der Waals surface area contributed by atoms with Gasteiger partial charge in [-0.25, -0.2) is 4.99 Å². The van der Waals surface area contributed by atoms with Gasteiger partial charge in [0.25, 0.3) is 5.91 Å². The summed E-state index contributed by atoms with van der Waals surface area (Å²) in [4.78, 5) is 20.5. The first-order chi connectivity index (χ1) is 17.0. The van der Waals surface area contributed by atoms with E-state index in [1.807, 2.05) is 66.7 Å². The molecule has 0 atom stereocenters. The number of nitrogens with zero attached hydrogens (tertiary/aromatic N) is 3. The van der Waals surface area contributed by atoms with Crippen LogP contribution in [0.2, 0.25) is 10.0 Å². The quantitative estimate of drug-likeness (QED) is 0.242. The smallest absolute Gasteiger partial charge is 0.266 e. The number of carbonyl (C=O) groups excluding carboxylic acids is 1. The maximum atomic E-state index is 13.3. The fraction of sp³-hybridized carbons (Fsp3) is 0.143. The summed E-state index contributed by atoms with van der Waals surface area (Å²) in [5, 5.41) is 2.88. The number of para-hydroxylation sites is 2. The van der Waals surface area contributed by atoms with E-state index in [9.17, 15) is 4.79 Å². The third-order valence-electron chi connectivity index (χ3n) is 5.76. The number of rotatable bonds is 6. The Bertz CT molecular complexity index is 1460. The lowest BCUT2D eigenvalue weighted by atomic mass is 10.1. The molecule has 1 amide bonds. The van der Waals surface area contributed by atoms with Crippen molar-refractivity contribution in [2.45, 2.75) is 19.9 Å². The van der Waals surface area contributed by atoms with Gasteiger partial charge in [-0.2, -0.15) is 0 Å². The van der Waals surface area contributed by atoms with Gasteiger partial charge in [0, 0.05) is 35.8 Å². The number of hydrogen-bond acceptors (Lipinski definition) is 3. The number of hydrogen-bond donors (Lipinski definition) is 0. The molecule has 0 bridgehead atoms. The Labute approximate surface area is 218 Å². The van der Waals surface area contributed by atoms with E-state index < -0.39 is 0 Å². The van der Waals surface area contributed by atoms with E-state index in [1.54, 1.807) is 4.90 Å². The molecule has 1 saturated heterocycles. The standard InChI is InChI=1S/C28H23Cl2N3OS/c1-2-14-33-27(34)26(35-28(33)31-21-8-4-3-5-9-21)16-20-18-32(25-11-7-6-10-22(20)25)17-19-12-13-23(29)24(30)15-19/h3-13,15-16,18H,2,14,17H2,1H3/b26-16+,31-28?. The van der Waals surface area contributed by atoms with Gasteiger partial charge in [0.05, 0.1) is 20.6 Å². The number of thioether (sulfide) groups is 1. The maximum absolute atomic E-state index is 13.3. The van der Waals surface area contributed by atoms with E-state index in [-0.39, 0.29) is 5.91 Å². The summed E-state index contributed by atoms with van der Waals surface area (Å²) in [5.41, 5.74) is 3.97. The molecule has 0 N–H and O–H groups in total. The summed E-state index contributed by atoms with van der Waals surface area (Å²) in [7, 11) is 0. The number of halogens is 2. The van der Waals surface area contributed by atoms with Crippen LogP contribution in [0.25, 0.3) is 17.0 Å². The first-order valence-electron chi connectivity index (χ1n) is 11.4. The van der Waals surface area contributed by atoms with Crippen molar-refractivity contribution in [3.8, 4) is 0 Å². The van der Waals surface area contributed by atoms with Crippen LogP contribution in [0.5, 0.6) is 0 Å². The highest BCUT2D eigenvalue weighted by atomic mass is 35.5. The van der Waals surface area contributed by atoms with E-state index in [4.69, 9.17) is 28.2 Å². The third-order valence-corrected chi connectivity index (χ3v) is 7.50.